The van der Waals surface area contributed by atoms with Crippen molar-refractivity contribution in [1.29, 1.82) is 0 Å². The van der Waals surface area contributed by atoms with E-state index < -0.39 is 0 Å². The van der Waals surface area contributed by atoms with E-state index in [9.17, 15) is 14.0 Å². The topological polar surface area (TPSA) is 61.4 Å². The number of hydrogen-bond acceptors (Lipinski definition) is 3. The van der Waals surface area contributed by atoms with Gasteiger partial charge in [-0.15, -0.1) is 0 Å². The Balaban J connectivity index is 1.54. The molecular formula is C22H20FN3O2. The van der Waals surface area contributed by atoms with Crippen molar-refractivity contribution < 1.29 is 14.0 Å². The Kier molecular flexibility index (Phi) is 6.01. The SMILES string of the molecule is CN(C(=O)c1ccc(NCC(=O)Nc2ccc(F)cc2)cc1)c1ccccc1. The Bertz CT molecular complexity index is 942. The lowest BCUT2D eigenvalue weighted by Gasteiger charge is -2.17. The molecule has 0 saturated heterocycles. The molecule has 3 rings (SSSR count). The molecule has 3 aromatic carbocycles. The molecule has 0 aliphatic carbocycles. The Labute approximate surface area is 162 Å². The molecule has 2 amide bonds. The van der Waals surface area contributed by atoms with Crippen molar-refractivity contribution >= 4 is 28.9 Å². The smallest absolute Gasteiger partial charge is 0.258 e. The van der Waals surface area contributed by atoms with Crippen LogP contribution in [-0.4, -0.2) is 25.4 Å². The number of nitrogens with zero attached hydrogens (tertiary/aromatic N) is 1. The Morgan fingerprint density at radius 3 is 2.11 bits per heavy atom. The third-order valence-electron chi connectivity index (χ3n) is 4.16. The number of carbonyl (C=O) groups excluding carboxylic acids is 2. The summed E-state index contributed by atoms with van der Waals surface area (Å²) in [5.41, 5.74) is 2.60. The van der Waals surface area contributed by atoms with Gasteiger partial charge in [0.15, 0.2) is 0 Å². The van der Waals surface area contributed by atoms with Crippen LogP contribution in [0.2, 0.25) is 0 Å². The molecule has 0 aromatic heterocycles. The highest BCUT2D eigenvalue weighted by molar-refractivity contribution is 6.05. The first kappa shape index (κ1) is 19.1. The number of carbonyl (C=O) groups is 2. The van der Waals surface area contributed by atoms with Gasteiger partial charge in [0.05, 0.1) is 6.54 Å². The van der Waals surface area contributed by atoms with Gasteiger partial charge in [0, 0.05) is 29.7 Å². The van der Waals surface area contributed by atoms with Crippen LogP contribution in [0.25, 0.3) is 0 Å². The number of nitrogens with one attached hydrogen (secondary N) is 2. The van der Waals surface area contributed by atoms with E-state index >= 15 is 0 Å². The quantitative estimate of drug-likeness (QED) is 0.678. The van der Waals surface area contributed by atoms with Crippen molar-refractivity contribution in [3.63, 3.8) is 0 Å². The van der Waals surface area contributed by atoms with E-state index in [1.165, 1.54) is 24.3 Å². The van der Waals surface area contributed by atoms with Crippen LogP contribution in [-0.2, 0) is 4.79 Å². The fourth-order valence-electron chi connectivity index (χ4n) is 2.61. The van der Waals surface area contributed by atoms with Crippen LogP contribution in [0.15, 0.2) is 78.9 Å². The van der Waals surface area contributed by atoms with Gasteiger partial charge in [-0.1, -0.05) is 18.2 Å². The lowest BCUT2D eigenvalue weighted by Crippen LogP contribution is -2.26. The molecule has 142 valence electrons. The zero-order chi connectivity index (χ0) is 19.9. The van der Waals surface area contributed by atoms with Crippen molar-refractivity contribution in [2.45, 2.75) is 0 Å². The summed E-state index contributed by atoms with van der Waals surface area (Å²) < 4.78 is 12.9. The van der Waals surface area contributed by atoms with E-state index in [1.807, 2.05) is 30.3 Å². The van der Waals surface area contributed by atoms with Gasteiger partial charge in [-0.05, 0) is 60.7 Å². The molecule has 0 bridgehead atoms. The Morgan fingerprint density at radius 2 is 1.46 bits per heavy atom. The maximum Gasteiger partial charge on any atom is 0.258 e. The molecule has 0 fully saturated rings. The molecule has 0 saturated carbocycles. The second-order valence-electron chi connectivity index (χ2n) is 6.19. The van der Waals surface area contributed by atoms with Gasteiger partial charge in [-0.25, -0.2) is 4.39 Å². The lowest BCUT2D eigenvalue weighted by atomic mass is 10.1. The molecule has 28 heavy (non-hydrogen) atoms. The summed E-state index contributed by atoms with van der Waals surface area (Å²) in [7, 11) is 1.73. The monoisotopic (exact) mass is 377 g/mol. The largest absolute Gasteiger partial charge is 0.376 e. The Morgan fingerprint density at radius 1 is 0.857 bits per heavy atom. The molecule has 0 spiro atoms. The van der Waals surface area contributed by atoms with Crippen molar-refractivity contribution in [3.8, 4) is 0 Å². The number of benzene rings is 3. The standard InChI is InChI=1S/C22H20FN3O2/c1-26(20-5-3-2-4-6-20)22(28)16-7-11-18(12-8-16)24-15-21(27)25-19-13-9-17(23)10-14-19/h2-14,24H,15H2,1H3,(H,25,27). The molecule has 0 atom stereocenters. The summed E-state index contributed by atoms with van der Waals surface area (Å²) in [4.78, 5) is 26.1. The number of para-hydroxylation sites is 1. The van der Waals surface area contributed by atoms with Crippen LogP contribution in [0, 0.1) is 5.82 Å². The maximum atomic E-state index is 12.9. The Hall–Kier alpha value is -3.67. The fourth-order valence-corrected chi connectivity index (χ4v) is 2.61. The van der Waals surface area contributed by atoms with Gasteiger partial charge in [0.2, 0.25) is 5.91 Å². The molecule has 0 aliphatic rings. The van der Waals surface area contributed by atoms with Crippen LogP contribution in [0.1, 0.15) is 10.4 Å². The highest BCUT2D eigenvalue weighted by Gasteiger charge is 2.13. The molecule has 5 nitrogen and oxygen atoms in total. The number of rotatable bonds is 6. The lowest BCUT2D eigenvalue weighted by molar-refractivity contribution is -0.114. The first-order valence-corrected chi connectivity index (χ1v) is 8.75. The van der Waals surface area contributed by atoms with Gasteiger partial charge in [-0.2, -0.15) is 0 Å². The zero-order valence-electron chi connectivity index (χ0n) is 15.4. The molecule has 2 N–H and O–H groups in total. The minimum absolute atomic E-state index is 0.0502. The average Bonchev–Trinajstić information content (AvgIpc) is 2.74. The summed E-state index contributed by atoms with van der Waals surface area (Å²) in [6, 6.07) is 21.9. The number of hydrogen-bond donors (Lipinski definition) is 2. The van der Waals surface area contributed by atoms with Crippen LogP contribution in [0.4, 0.5) is 21.5 Å². The van der Waals surface area contributed by atoms with Gasteiger partial charge in [-0.3, -0.25) is 9.59 Å². The normalized spacial score (nSPS) is 10.2. The predicted octanol–water partition coefficient (Wildman–Crippen LogP) is 4.15. The third-order valence-corrected chi connectivity index (χ3v) is 4.16. The van der Waals surface area contributed by atoms with E-state index in [2.05, 4.69) is 10.6 Å². The first-order valence-electron chi connectivity index (χ1n) is 8.75. The van der Waals surface area contributed by atoms with E-state index in [4.69, 9.17) is 0 Å². The molecule has 0 aliphatic heterocycles. The molecule has 0 radical (unpaired) electrons. The molecule has 0 unspecified atom stereocenters. The summed E-state index contributed by atoms with van der Waals surface area (Å²) in [6.07, 6.45) is 0. The van der Waals surface area contributed by atoms with E-state index in [0.717, 1.165) is 5.69 Å². The summed E-state index contributed by atoms with van der Waals surface area (Å²) in [5.74, 6) is -0.731. The second kappa shape index (κ2) is 8.81. The molecular weight excluding hydrogens is 357 g/mol. The average molecular weight is 377 g/mol. The first-order chi connectivity index (χ1) is 13.5. The second-order valence-corrected chi connectivity index (χ2v) is 6.19. The number of amides is 2. The summed E-state index contributed by atoms with van der Waals surface area (Å²) in [5, 5.41) is 5.67. The van der Waals surface area contributed by atoms with Gasteiger partial charge < -0.3 is 15.5 Å². The van der Waals surface area contributed by atoms with Crippen LogP contribution >= 0.6 is 0 Å². The highest BCUT2D eigenvalue weighted by Crippen LogP contribution is 2.16. The fraction of sp³-hybridized carbons (Fsp3) is 0.0909. The van der Waals surface area contributed by atoms with Crippen molar-refractivity contribution in [2.75, 3.05) is 29.1 Å². The van der Waals surface area contributed by atoms with Crippen molar-refractivity contribution in [3.05, 3.63) is 90.2 Å². The van der Waals surface area contributed by atoms with Crippen molar-refractivity contribution in [2.24, 2.45) is 0 Å². The highest BCUT2D eigenvalue weighted by atomic mass is 19.1. The molecule has 3 aromatic rings. The molecule has 0 heterocycles. The van der Waals surface area contributed by atoms with E-state index in [-0.39, 0.29) is 24.2 Å². The number of anilines is 3. The molecule has 6 heteroatoms. The van der Waals surface area contributed by atoms with E-state index in [0.29, 0.717) is 16.9 Å². The zero-order valence-corrected chi connectivity index (χ0v) is 15.4. The summed E-state index contributed by atoms with van der Waals surface area (Å²) in [6.45, 7) is 0.0502. The van der Waals surface area contributed by atoms with Gasteiger partial charge in [0.1, 0.15) is 5.82 Å². The van der Waals surface area contributed by atoms with Crippen LogP contribution in [0.3, 0.4) is 0 Å². The van der Waals surface area contributed by atoms with Crippen LogP contribution < -0.4 is 15.5 Å². The summed E-state index contributed by atoms with van der Waals surface area (Å²) >= 11 is 0. The number of halogens is 1. The van der Waals surface area contributed by atoms with Crippen LogP contribution in [0.5, 0.6) is 0 Å². The van der Waals surface area contributed by atoms with E-state index in [1.54, 1.807) is 36.2 Å². The van der Waals surface area contributed by atoms with Gasteiger partial charge >= 0.3 is 0 Å². The third kappa shape index (κ3) is 4.94. The van der Waals surface area contributed by atoms with Gasteiger partial charge in [0.25, 0.3) is 5.91 Å². The minimum atomic E-state index is -0.358. The predicted molar refractivity (Wildman–Crippen MR) is 109 cm³/mol. The van der Waals surface area contributed by atoms with Crippen molar-refractivity contribution in [1.82, 2.24) is 0 Å². The maximum absolute atomic E-state index is 12.9. The minimum Gasteiger partial charge on any atom is -0.376 e.